The summed E-state index contributed by atoms with van der Waals surface area (Å²) in [5, 5.41) is 6.10. The van der Waals surface area contributed by atoms with Gasteiger partial charge >= 0.3 is 6.09 Å². The van der Waals surface area contributed by atoms with Gasteiger partial charge in [-0.1, -0.05) is 0 Å². The Hall–Kier alpha value is -1.56. The number of benzene rings is 1. The molecule has 0 saturated carbocycles. The smallest absolute Gasteiger partial charge is 0.412 e. The Morgan fingerprint density at radius 3 is 2.59 bits per heavy atom. The molecule has 0 saturated heterocycles. The largest absolute Gasteiger partial charge is 0.497 e. The quantitative estimate of drug-likeness (QED) is 0.735. The van der Waals surface area contributed by atoms with Crippen LogP contribution in [-0.2, 0) is 4.74 Å². The third-order valence-corrected chi connectivity index (χ3v) is 3.40. The molecule has 6 heteroatoms. The Labute approximate surface area is 137 Å². The summed E-state index contributed by atoms with van der Waals surface area (Å²) in [5.41, 5.74) is 0.980. The first kappa shape index (κ1) is 18.5. The molecule has 0 aliphatic heterocycles. The predicted molar refractivity (Wildman–Crippen MR) is 94.3 cm³/mol. The zero-order valence-corrected chi connectivity index (χ0v) is 14.8. The van der Waals surface area contributed by atoms with Crippen LogP contribution < -0.4 is 15.4 Å². The minimum absolute atomic E-state index is 0.468. The highest BCUT2D eigenvalue weighted by Crippen LogP contribution is 2.27. The third-order valence-electron chi connectivity index (χ3n) is 2.70. The van der Waals surface area contributed by atoms with Gasteiger partial charge in [0.25, 0.3) is 0 Å². The molecule has 0 aromatic heterocycles. The Morgan fingerprint density at radius 1 is 1.27 bits per heavy atom. The average molecular weight is 326 g/mol. The van der Waals surface area contributed by atoms with E-state index in [2.05, 4.69) is 16.9 Å². The van der Waals surface area contributed by atoms with Gasteiger partial charge in [0, 0.05) is 12.6 Å². The molecule has 0 aliphatic rings. The van der Waals surface area contributed by atoms with Crippen molar-refractivity contribution in [2.24, 2.45) is 0 Å². The molecule has 0 radical (unpaired) electrons. The van der Waals surface area contributed by atoms with Gasteiger partial charge in [0.15, 0.2) is 0 Å². The third kappa shape index (κ3) is 6.93. The van der Waals surface area contributed by atoms with Crippen molar-refractivity contribution in [3.8, 4) is 5.75 Å². The molecular formula is C16H26N2O3S. The maximum absolute atomic E-state index is 11.9. The van der Waals surface area contributed by atoms with Crippen LogP contribution in [0.3, 0.4) is 0 Å². The highest BCUT2D eigenvalue weighted by Gasteiger charge is 2.17. The molecule has 0 atom stereocenters. The summed E-state index contributed by atoms with van der Waals surface area (Å²) in [6.45, 7) is 6.34. The van der Waals surface area contributed by atoms with Crippen LogP contribution in [0.2, 0.25) is 0 Å². The zero-order valence-electron chi connectivity index (χ0n) is 14.0. The normalized spacial score (nSPS) is 11.0. The van der Waals surface area contributed by atoms with Gasteiger partial charge in [-0.2, -0.15) is 11.8 Å². The summed E-state index contributed by atoms with van der Waals surface area (Å²) >= 11 is 1.81. The first-order chi connectivity index (χ1) is 10.4. The van der Waals surface area contributed by atoms with Crippen molar-refractivity contribution >= 4 is 29.2 Å². The number of thioether (sulfide) groups is 1. The van der Waals surface area contributed by atoms with Crippen molar-refractivity contribution in [2.75, 3.05) is 36.3 Å². The molecule has 1 aromatic rings. The maximum atomic E-state index is 11.9. The Bertz CT molecular complexity index is 487. The summed E-state index contributed by atoms with van der Waals surface area (Å²) in [5.74, 6) is 1.83. The molecule has 1 aromatic carbocycles. The van der Waals surface area contributed by atoms with E-state index in [4.69, 9.17) is 9.47 Å². The van der Waals surface area contributed by atoms with Gasteiger partial charge in [-0.15, -0.1) is 0 Å². The van der Waals surface area contributed by atoms with Gasteiger partial charge in [-0.05, 0) is 51.3 Å². The van der Waals surface area contributed by atoms with Gasteiger partial charge in [-0.25, -0.2) is 4.79 Å². The summed E-state index contributed by atoms with van der Waals surface area (Å²) in [4.78, 5) is 11.9. The monoisotopic (exact) mass is 326 g/mol. The second kappa shape index (κ2) is 8.78. The fourth-order valence-electron chi connectivity index (χ4n) is 1.76. The number of amides is 1. The van der Waals surface area contributed by atoms with Crippen molar-refractivity contribution < 1.29 is 14.3 Å². The highest BCUT2D eigenvalue weighted by atomic mass is 32.2. The number of carbonyl (C=O) groups excluding carboxylic acids is 1. The molecule has 22 heavy (non-hydrogen) atoms. The number of carbonyl (C=O) groups is 1. The number of anilines is 2. The van der Waals surface area contributed by atoms with E-state index in [1.165, 1.54) is 0 Å². The van der Waals surface area contributed by atoms with E-state index < -0.39 is 11.7 Å². The van der Waals surface area contributed by atoms with E-state index in [9.17, 15) is 4.79 Å². The summed E-state index contributed by atoms with van der Waals surface area (Å²) in [7, 11) is 1.62. The second-order valence-electron chi connectivity index (χ2n) is 5.81. The number of methoxy groups -OCH3 is 1. The van der Waals surface area contributed by atoms with Crippen molar-refractivity contribution in [3.05, 3.63) is 18.2 Å². The van der Waals surface area contributed by atoms with Gasteiger partial charge in [0.1, 0.15) is 11.4 Å². The van der Waals surface area contributed by atoms with Gasteiger partial charge in [-0.3, -0.25) is 5.32 Å². The van der Waals surface area contributed by atoms with Gasteiger partial charge in [0.2, 0.25) is 0 Å². The molecule has 1 amide bonds. The minimum Gasteiger partial charge on any atom is -0.497 e. The van der Waals surface area contributed by atoms with Crippen LogP contribution in [0.5, 0.6) is 5.75 Å². The first-order valence-corrected chi connectivity index (χ1v) is 8.66. The average Bonchev–Trinajstić information content (AvgIpc) is 2.43. The molecule has 5 nitrogen and oxygen atoms in total. The Kier molecular flexibility index (Phi) is 7.38. The first-order valence-electron chi connectivity index (χ1n) is 7.26. The number of hydrogen-bond donors (Lipinski definition) is 2. The second-order valence-corrected chi connectivity index (χ2v) is 6.80. The highest BCUT2D eigenvalue weighted by molar-refractivity contribution is 7.98. The lowest BCUT2D eigenvalue weighted by Crippen LogP contribution is -2.27. The number of nitrogens with one attached hydrogen (secondary N) is 2. The van der Waals surface area contributed by atoms with E-state index in [0.717, 1.165) is 30.2 Å². The maximum Gasteiger partial charge on any atom is 0.412 e. The number of hydrogen-bond acceptors (Lipinski definition) is 5. The van der Waals surface area contributed by atoms with E-state index >= 15 is 0 Å². The molecule has 0 bridgehead atoms. The van der Waals surface area contributed by atoms with Crippen LogP contribution in [-0.4, -0.2) is 37.4 Å². The SMILES string of the molecule is COc1ccc(NC(=O)OC(C)(C)C)c(NCCCSC)c1. The summed E-state index contributed by atoms with van der Waals surface area (Å²) < 4.78 is 10.5. The van der Waals surface area contributed by atoms with Crippen molar-refractivity contribution in [3.63, 3.8) is 0 Å². The van der Waals surface area contributed by atoms with Crippen LogP contribution in [0.25, 0.3) is 0 Å². The Balaban J connectivity index is 2.76. The van der Waals surface area contributed by atoms with Gasteiger partial charge < -0.3 is 14.8 Å². The summed E-state index contributed by atoms with van der Waals surface area (Å²) in [6, 6.07) is 5.48. The predicted octanol–water partition coefficient (Wildman–Crippen LogP) is 4.21. The molecule has 0 spiro atoms. The van der Waals surface area contributed by atoms with Crippen LogP contribution in [0, 0.1) is 0 Å². The van der Waals surface area contributed by atoms with Crippen LogP contribution >= 0.6 is 11.8 Å². The molecule has 0 unspecified atom stereocenters. The molecular weight excluding hydrogens is 300 g/mol. The fourth-order valence-corrected chi connectivity index (χ4v) is 2.19. The lowest BCUT2D eigenvalue weighted by Gasteiger charge is -2.21. The molecule has 0 heterocycles. The topological polar surface area (TPSA) is 59.6 Å². The van der Waals surface area contributed by atoms with Crippen molar-refractivity contribution in [1.82, 2.24) is 0 Å². The zero-order chi connectivity index (χ0) is 16.6. The van der Waals surface area contributed by atoms with Crippen LogP contribution in [0.15, 0.2) is 18.2 Å². The molecule has 2 N–H and O–H groups in total. The van der Waals surface area contributed by atoms with Crippen LogP contribution in [0.1, 0.15) is 27.2 Å². The van der Waals surface area contributed by atoms with E-state index in [-0.39, 0.29) is 0 Å². The lowest BCUT2D eigenvalue weighted by atomic mass is 10.2. The number of rotatable bonds is 7. The van der Waals surface area contributed by atoms with Crippen molar-refractivity contribution in [2.45, 2.75) is 32.8 Å². The van der Waals surface area contributed by atoms with E-state index in [1.807, 2.05) is 38.6 Å². The molecule has 0 fully saturated rings. The minimum atomic E-state index is -0.525. The molecule has 0 aliphatic carbocycles. The fraction of sp³-hybridized carbons (Fsp3) is 0.562. The van der Waals surface area contributed by atoms with Crippen LogP contribution in [0.4, 0.5) is 16.2 Å². The van der Waals surface area contributed by atoms with E-state index in [1.54, 1.807) is 19.2 Å². The van der Waals surface area contributed by atoms with Crippen molar-refractivity contribution in [1.29, 1.82) is 0 Å². The molecule has 1 rings (SSSR count). The number of ether oxygens (including phenoxy) is 2. The van der Waals surface area contributed by atoms with E-state index in [0.29, 0.717) is 5.69 Å². The summed E-state index contributed by atoms with van der Waals surface area (Å²) in [6.07, 6.45) is 2.66. The Morgan fingerprint density at radius 2 is 2.00 bits per heavy atom. The molecule has 124 valence electrons. The standard InChI is InChI=1S/C16H26N2O3S/c1-16(2,3)21-15(19)18-13-8-7-12(20-4)11-14(13)17-9-6-10-22-5/h7-8,11,17H,6,9-10H2,1-5H3,(H,18,19). The lowest BCUT2D eigenvalue weighted by molar-refractivity contribution is 0.0636. The van der Waals surface area contributed by atoms with Gasteiger partial charge in [0.05, 0.1) is 18.5 Å².